The molecule has 0 spiro atoms. The van der Waals surface area contributed by atoms with Crippen LogP contribution in [0.4, 0.5) is 11.4 Å². The summed E-state index contributed by atoms with van der Waals surface area (Å²) in [5.41, 5.74) is 3.30. The molecule has 2 heterocycles. The van der Waals surface area contributed by atoms with Gasteiger partial charge in [0.15, 0.2) is 5.58 Å². The van der Waals surface area contributed by atoms with Crippen molar-refractivity contribution in [2.24, 2.45) is 0 Å². The predicted molar refractivity (Wildman–Crippen MR) is 92.7 cm³/mol. The summed E-state index contributed by atoms with van der Waals surface area (Å²) < 4.78 is 4.98. The molecule has 0 saturated carbocycles. The lowest BCUT2D eigenvalue weighted by Crippen LogP contribution is -2.17. The van der Waals surface area contributed by atoms with E-state index in [1.165, 1.54) is 18.5 Å². The highest BCUT2D eigenvalue weighted by Crippen LogP contribution is 2.22. The molecule has 6 nitrogen and oxygen atoms in total. The number of benzene rings is 2. The lowest BCUT2D eigenvalue weighted by atomic mass is 10.2. The number of aromatic amines is 1. The first-order valence-electron chi connectivity index (χ1n) is 7.98. The number of carbonyl (C=O) groups is 1. The summed E-state index contributed by atoms with van der Waals surface area (Å²) in [6.45, 7) is 2.18. The molecule has 0 unspecified atom stereocenters. The fourth-order valence-electron chi connectivity index (χ4n) is 3.02. The lowest BCUT2D eigenvalue weighted by Gasteiger charge is -2.17. The van der Waals surface area contributed by atoms with E-state index in [4.69, 9.17) is 4.42 Å². The predicted octanol–water partition coefficient (Wildman–Crippen LogP) is 2.97. The van der Waals surface area contributed by atoms with Crippen LogP contribution in [-0.4, -0.2) is 24.0 Å². The highest BCUT2D eigenvalue weighted by molar-refractivity contribution is 6.05. The van der Waals surface area contributed by atoms with Gasteiger partial charge < -0.3 is 14.6 Å². The summed E-state index contributed by atoms with van der Waals surface area (Å²) in [5.74, 6) is -0.769. The van der Waals surface area contributed by atoms with Crippen LogP contribution in [0.2, 0.25) is 0 Å². The number of rotatable bonds is 3. The van der Waals surface area contributed by atoms with E-state index in [2.05, 4.69) is 15.2 Å². The van der Waals surface area contributed by atoms with Gasteiger partial charge in [0.1, 0.15) is 0 Å². The second-order valence-electron chi connectivity index (χ2n) is 5.92. The minimum Gasteiger partial charge on any atom is -0.408 e. The van der Waals surface area contributed by atoms with Crippen LogP contribution in [0.3, 0.4) is 0 Å². The summed E-state index contributed by atoms with van der Waals surface area (Å²) >= 11 is 0. The van der Waals surface area contributed by atoms with E-state index in [1.807, 2.05) is 24.3 Å². The number of nitrogens with zero attached hydrogens (tertiary/aromatic N) is 1. The number of amides is 1. The normalized spacial score (nSPS) is 14.2. The van der Waals surface area contributed by atoms with Gasteiger partial charge in [0.05, 0.1) is 5.52 Å². The third-order valence-corrected chi connectivity index (χ3v) is 4.28. The first kappa shape index (κ1) is 14.6. The minimum atomic E-state index is -0.528. The van der Waals surface area contributed by atoms with Gasteiger partial charge in [-0.05, 0) is 55.3 Å². The third kappa shape index (κ3) is 2.78. The Morgan fingerprint density at radius 3 is 2.58 bits per heavy atom. The molecule has 2 aromatic carbocycles. The zero-order valence-corrected chi connectivity index (χ0v) is 13.0. The van der Waals surface area contributed by atoms with E-state index >= 15 is 0 Å². The molecule has 1 aliphatic rings. The highest BCUT2D eigenvalue weighted by Gasteiger charge is 2.13. The molecule has 1 aliphatic heterocycles. The second-order valence-corrected chi connectivity index (χ2v) is 5.92. The Hall–Kier alpha value is -3.02. The highest BCUT2D eigenvalue weighted by atomic mass is 16.4. The number of hydrogen-bond acceptors (Lipinski definition) is 4. The molecule has 4 rings (SSSR count). The van der Waals surface area contributed by atoms with Gasteiger partial charge in [0, 0.05) is 30.0 Å². The number of nitrogens with one attached hydrogen (secondary N) is 2. The van der Waals surface area contributed by atoms with Crippen LogP contribution in [0, 0.1) is 0 Å². The fraction of sp³-hybridized carbons (Fsp3) is 0.222. The number of H-pyrrole nitrogens is 1. The van der Waals surface area contributed by atoms with Crippen LogP contribution in [0.1, 0.15) is 23.2 Å². The zero-order chi connectivity index (χ0) is 16.5. The van der Waals surface area contributed by atoms with Gasteiger partial charge in [0.25, 0.3) is 5.91 Å². The van der Waals surface area contributed by atoms with Gasteiger partial charge >= 0.3 is 5.76 Å². The number of anilines is 2. The van der Waals surface area contributed by atoms with Crippen molar-refractivity contribution >= 4 is 28.4 Å². The molecule has 3 aromatic rings. The van der Waals surface area contributed by atoms with Crippen LogP contribution in [0.25, 0.3) is 11.1 Å². The Morgan fingerprint density at radius 2 is 1.83 bits per heavy atom. The molecular formula is C18H17N3O3. The van der Waals surface area contributed by atoms with Crippen LogP contribution >= 0.6 is 0 Å². The van der Waals surface area contributed by atoms with Crippen LogP contribution in [0.15, 0.2) is 51.7 Å². The maximum absolute atomic E-state index is 12.4. The molecule has 122 valence electrons. The van der Waals surface area contributed by atoms with Crippen molar-refractivity contribution in [3.05, 3.63) is 58.6 Å². The average Bonchev–Trinajstić information content (AvgIpc) is 3.23. The summed E-state index contributed by atoms with van der Waals surface area (Å²) in [4.78, 5) is 28.4. The van der Waals surface area contributed by atoms with E-state index in [9.17, 15) is 9.59 Å². The van der Waals surface area contributed by atoms with E-state index in [1.54, 1.807) is 18.2 Å². The molecule has 6 heteroatoms. The van der Waals surface area contributed by atoms with Gasteiger partial charge in [-0.1, -0.05) is 0 Å². The molecule has 1 fully saturated rings. The van der Waals surface area contributed by atoms with Crippen molar-refractivity contribution in [2.75, 3.05) is 23.3 Å². The van der Waals surface area contributed by atoms with E-state index < -0.39 is 5.76 Å². The number of aromatic nitrogens is 1. The molecule has 1 saturated heterocycles. The van der Waals surface area contributed by atoms with Crippen LogP contribution in [-0.2, 0) is 0 Å². The van der Waals surface area contributed by atoms with E-state index in [0.717, 1.165) is 18.8 Å². The number of carbonyl (C=O) groups excluding carboxylic acids is 1. The summed E-state index contributed by atoms with van der Waals surface area (Å²) in [5, 5.41) is 2.86. The smallest absolute Gasteiger partial charge is 0.408 e. The summed E-state index contributed by atoms with van der Waals surface area (Å²) in [7, 11) is 0. The zero-order valence-electron chi connectivity index (χ0n) is 13.0. The fourth-order valence-corrected chi connectivity index (χ4v) is 3.02. The molecule has 2 N–H and O–H groups in total. The SMILES string of the molecule is O=C(Nc1ccc(N2CCCC2)cc1)c1ccc2[nH]c(=O)oc2c1. The van der Waals surface area contributed by atoms with Gasteiger partial charge in [-0.15, -0.1) is 0 Å². The Bertz CT molecular complexity index is 934. The number of fused-ring (bicyclic) bond motifs is 1. The van der Waals surface area contributed by atoms with Crippen molar-refractivity contribution < 1.29 is 9.21 Å². The molecule has 0 radical (unpaired) electrons. The van der Waals surface area contributed by atoms with Crippen molar-refractivity contribution in [1.82, 2.24) is 4.98 Å². The average molecular weight is 323 g/mol. The Labute approximate surface area is 138 Å². The van der Waals surface area contributed by atoms with Crippen molar-refractivity contribution in [3.8, 4) is 0 Å². The quantitative estimate of drug-likeness (QED) is 0.777. The number of oxazole rings is 1. The van der Waals surface area contributed by atoms with Crippen LogP contribution < -0.4 is 16.0 Å². The molecule has 1 amide bonds. The standard InChI is InChI=1S/C18H17N3O3/c22-17(12-3-8-15-16(11-12)24-18(23)20-15)19-13-4-6-14(7-5-13)21-9-1-2-10-21/h3-8,11H,1-2,9-10H2,(H,19,22)(H,20,23). The molecule has 1 aromatic heterocycles. The van der Waals surface area contributed by atoms with E-state index in [-0.39, 0.29) is 5.91 Å². The second kappa shape index (κ2) is 5.88. The van der Waals surface area contributed by atoms with Gasteiger partial charge in [0.2, 0.25) is 0 Å². The third-order valence-electron chi connectivity index (χ3n) is 4.28. The molecule has 0 bridgehead atoms. The van der Waals surface area contributed by atoms with Crippen molar-refractivity contribution in [1.29, 1.82) is 0 Å². The van der Waals surface area contributed by atoms with Crippen LogP contribution in [0.5, 0.6) is 0 Å². The van der Waals surface area contributed by atoms with Crippen molar-refractivity contribution in [2.45, 2.75) is 12.8 Å². The Balaban J connectivity index is 1.50. The molecule has 0 aliphatic carbocycles. The molecule has 0 atom stereocenters. The largest absolute Gasteiger partial charge is 0.417 e. The summed E-state index contributed by atoms with van der Waals surface area (Å²) in [6.07, 6.45) is 2.46. The lowest BCUT2D eigenvalue weighted by molar-refractivity contribution is 0.102. The maximum atomic E-state index is 12.4. The van der Waals surface area contributed by atoms with Gasteiger partial charge in [-0.25, -0.2) is 4.79 Å². The first-order chi connectivity index (χ1) is 11.7. The topological polar surface area (TPSA) is 78.3 Å². The van der Waals surface area contributed by atoms with Gasteiger partial charge in [-0.2, -0.15) is 0 Å². The van der Waals surface area contributed by atoms with E-state index in [0.29, 0.717) is 16.7 Å². The monoisotopic (exact) mass is 323 g/mol. The minimum absolute atomic E-state index is 0.241. The van der Waals surface area contributed by atoms with Crippen molar-refractivity contribution in [3.63, 3.8) is 0 Å². The molecule has 24 heavy (non-hydrogen) atoms. The summed E-state index contributed by atoms with van der Waals surface area (Å²) in [6, 6.07) is 12.7. The van der Waals surface area contributed by atoms with Gasteiger partial charge in [-0.3, -0.25) is 9.78 Å². The maximum Gasteiger partial charge on any atom is 0.417 e. The number of hydrogen-bond donors (Lipinski definition) is 2. The first-order valence-corrected chi connectivity index (χ1v) is 7.98. The Morgan fingerprint density at radius 1 is 1.08 bits per heavy atom. The Kier molecular flexibility index (Phi) is 3.57. The molecular weight excluding hydrogens is 306 g/mol.